The fraction of sp³-hybridized carbons (Fsp3) is 0.143. The molecule has 7 heteroatoms. The van der Waals surface area contributed by atoms with Crippen molar-refractivity contribution < 1.29 is 19.2 Å². The van der Waals surface area contributed by atoms with E-state index in [1.54, 1.807) is 26.1 Å². The minimum Gasteiger partial charge on any atom is -0.323 e. The van der Waals surface area contributed by atoms with Crippen molar-refractivity contribution in [3.8, 4) is 0 Å². The topological polar surface area (TPSA) is 81.5 Å². The summed E-state index contributed by atoms with van der Waals surface area (Å²) in [6, 6.07) is 6.30. The minimum absolute atomic E-state index is 0.187. The van der Waals surface area contributed by atoms with Crippen molar-refractivity contribution in [3.63, 3.8) is 0 Å². The van der Waals surface area contributed by atoms with Crippen LogP contribution in [0.2, 0.25) is 0 Å². The lowest BCUT2D eigenvalue weighted by molar-refractivity contribution is -0.0592. The molecule has 2 aromatic rings. The van der Waals surface area contributed by atoms with Gasteiger partial charge in [-0.1, -0.05) is 17.2 Å². The third-order valence-corrected chi connectivity index (χ3v) is 3.25. The van der Waals surface area contributed by atoms with Crippen LogP contribution in [0.5, 0.6) is 0 Å². The van der Waals surface area contributed by atoms with Crippen LogP contribution < -0.4 is 0 Å². The zero-order chi connectivity index (χ0) is 15.1. The van der Waals surface area contributed by atoms with E-state index in [9.17, 15) is 14.4 Å². The monoisotopic (exact) mass is 285 g/mol. The van der Waals surface area contributed by atoms with Crippen LogP contribution in [0, 0.1) is 6.92 Å². The van der Waals surface area contributed by atoms with E-state index in [1.165, 1.54) is 23.0 Å². The van der Waals surface area contributed by atoms with Gasteiger partial charge in [0.15, 0.2) is 5.69 Å². The van der Waals surface area contributed by atoms with Crippen LogP contribution in [-0.2, 0) is 11.9 Å². The maximum Gasteiger partial charge on any atom is 0.382 e. The lowest BCUT2D eigenvalue weighted by Gasteiger charge is -2.13. The molecule has 0 unspecified atom stereocenters. The Morgan fingerprint density at radius 3 is 2.19 bits per heavy atom. The van der Waals surface area contributed by atoms with Gasteiger partial charge in [0.2, 0.25) is 0 Å². The molecule has 0 saturated heterocycles. The molecular formula is C14H11N3O4. The molecular weight excluding hydrogens is 274 g/mol. The summed E-state index contributed by atoms with van der Waals surface area (Å²) in [6.45, 7) is 1.69. The van der Waals surface area contributed by atoms with Crippen molar-refractivity contribution in [2.75, 3.05) is 0 Å². The van der Waals surface area contributed by atoms with E-state index in [4.69, 9.17) is 4.84 Å². The number of carbonyl (C=O) groups is 3. The molecule has 0 fully saturated rings. The Balaban J connectivity index is 1.89. The number of aromatic nitrogens is 2. The van der Waals surface area contributed by atoms with Crippen molar-refractivity contribution in [2.45, 2.75) is 6.92 Å². The van der Waals surface area contributed by atoms with Gasteiger partial charge < -0.3 is 4.84 Å². The molecule has 2 amide bonds. The zero-order valence-corrected chi connectivity index (χ0v) is 11.4. The van der Waals surface area contributed by atoms with Crippen LogP contribution in [0.3, 0.4) is 0 Å². The Bertz CT molecular complexity index is 724. The lowest BCUT2D eigenvalue weighted by Crippen LogP contribution is -2.33. The smallest absolute Gasteiger partial charge is 0.323 e. The first-order valence-corrected chi connectivity index (χ1v) is 6.19. The molecule has 0 N–H and O–H groups in total. The third kappa shape index (κ3) is 1.90. The fourth-order valence-corrected chi connectivity index (χ4v) is 2.22. The number of rotatable bonds is 2. The number of hydrogen-bond donors (Lipinski definition) is 0. The van der Waals surface area contributed by atoms with Gasteiger partial charge in [-0.15, -0.1) is 0 Å². The van der Waals surface area contributed by atoms with Gasteiger partial charge in [-0.2, -0.15) is 5.10 Å². The fourth-order valence-electron chi connectivity index (χ4n) is 2.22. The van der Waals surface area contributed by atoms with E-state index in [0.29, 0.717) is 10.6 Å². The van der Waals surface area contributed by atoms with E-state index in [2.05, 4.69) is 5.10 Å². The van der Waals surface area contributed by atoms with Crippen molar-refractivity contribution in [1.82, 2.24) is 14.8 Å². The van der Waals surface area contributed by atoms with Gasteiger partial charge >= 0.3 is 5.97 Å². The first-order valence-electron chi connectivity index (χ1n) is 6.19. The highest BCUT2D eigenvalue weighted by molar-refractivity contribution is 6.21. The second-order valence-electron chi connectivity index (χ2n) is 4.63. The van der Waals surface area contributed by atoms with Crippen LogP contribution >= 0.6 is 0 Å². The molecule has 3 rings (SSSR count). The molecule has 0 atom stereocenters. The molecule has 0 spiro atoms. The van der Waals surface area contributed by atoms with Gasteiger partial charge in [-0.25, -0.2) is 4.79 Å². The molecule has 1 aromatic carbocycles. The predicted molar refractivity (Wildman–Crippen MR) is 70.3 cm³/mol. The molecule has 106 valence electrons. The molecule has 7 nitrogen and oxygen atoms in total. The maximum absolute atomic E-state index is 12.1. The Hall–Kier alpha value is -2.96. The Labute approximate surface area is 119 Å². The first kappa shape index (κ1) is 13.0. The van der Waals surface area contributed by atoms with E-state index in [1.807, 2.05) is 0 Å². The van der Waals surface area contributed by atoms with Gasteiger partial charge in [0.25, 0.3) is 11.8 Å². The predicted octanol–water partition coefficient (Wildman–Crippen LogP) is 1.10. The standard InChI is InChI=1S/C14H11N3O4/c1-8-7-15-16(2)11(8)14(20)21-17-12(18)9-5-3-4-6-10(9)13(17)19/h3-7H,1-2H3. The van der Waals surface area contributed by atoms with E-state index in [-0.39, 0.29) is 16.8 Å². The number of aryl methyl sites for hydroxylation is 2. The third-order valence-electron chi connectivity index (χ3n) is 3.25. The van der Waals surface area contributed by atoms with E-state index < -0.39 is 17.8 Å². The normalized spacial score (nSPS) is 13.5. The SMILES string of the molecule is Cc1cnn(C)c1C(=O)ON1C(=O)c2ccccc2C1=O. The number of carbonyl (C=O) groups excluding carboxylic acids is 3. The van der Waals surface area contributed by atoms with Crippen molar-refractivity contribution >= 4 is 17.8 Å². The number of fused-ring (bicyclic) bond motifs is 1. The average Bonchev–Trinajstić information content (AvgIpc) is 2.92. The van der Waals surface area contributed by atoms with Gasteiger partial charge in [-0.3, -0.25) is 14.3 Å². The molecule has 1 aliphatic rings. The van der Waals surface area contributed by atoms with Gasteiger partial charge in [-0.05, 0) is 19.1 Å². The highest BCUT2D eigenvalue weighted by Gasteiger charge is 2.39. The molecule has 0 saturated carbocycles. The zero-order valence-electron chi connectivity index (χ0n) is 11.4. The molecule has 0 radical (unpaired) electrons. The average molecular weight is 285 g/mol. The number of hydroxylamine groups is 2. The second-order valence-corrected chi connectivity index (χ2v) is 4.63. The summed E-state index contributed by atoms with van der Waals surface area (Å²) < 4.78 is 1.33. The number of imide groups is 1. The largest absolute Gasteiger partial charge is 0.382 e. The summed E-state index contributed by atoms with van der Waals surface area (Å²) in [5.74, 6) is -2.10. The number of amides is 2. The Morgan fingerprint density at radius 1 is 1.14 bits per heavy atom. The van der Waals surface area contributed by atoms with Crippen molar-refractivity contribution in [3.05, 3.63) is 52.8 Å². The molecule has 0 bridgehead atoms. The van der Waals surface area contributed by atoms with Crippen molar-refractivity contribution in [1.29, 1.82) is 0 Å². The van der Waals surface area contributed by atoms with Crippen LogP contribution in [-0.4, -0.2) is 32.6 Å². The Morgan fingerprint density at radius 2 is 1.71 bits per heavy atom. The Kier molecular flexibility index (Phi) is 2.83. The maximum atomic E-state index is 12.1. The summed E-state index contributed by atoms with van der Waals surface area (Å²) in [5, 5.41) is 4.40. The molecule has 0 aliphatic carbocycles. The summed E-state index contributed by atoms with van der Waals surface area (Å²) in [5.41, 5.74) is 1.22. The van der Waals surface area contributed by atoms with Crippen LogP contribution in [0.4, 0.5) is 0 Å². The molecule has 1 aromatic heterocycles. The van der Waals surface area contributed by atoms with Gasteiger partial charge in [0.1, 0.15) is 0 Å². The highest BCUT2D eigenvalue weighted by Crippen LogP contribution is 2.23. The van der Waals surface area contributed by atoms with Crippen LogP contribution in [0.1, 0.15) is 36.8 Å². The van der Waals surface area contributed by atoms with E-state index in [0.717, 1.165) is 0 Å². The van der Waals surface area contributed by atoms with Crippen LogP contribution in [0.15, 0.2) is 30.5 Å². The summed E-state index contributed by atoms with van der Waals surface area (Å²) in [6.07, 6.45) is 1.50. The molecule has 1 aliphatic heterocycles. The quantitative estimate of drug-likeness (QED) is 0.772. The number of benzene rings is 1. The molecule has 2 heterocycles. The van der Waals surface area contributed by atoms with Gasteiger partial charge in [0.05, 0.1) is 17.3 Å². The number of hydrogen-bond acceptors (Lipinski definition) is 5. The van der Waals surface area contributed by atoms with E-state index >= 15 is 0 Å². The lowest BCUT2D eigenvalue weighted by atomic mass is 10.1. The minimum atomic E-state index is -0.804. The van der Waals surface area contributed by atoms with Crippen LogP contribution in [0.25, 0.3) is 0 Å². The summed E-state index contributed by atoms with van der Waals surface area (Å²) in [7, 11) is 1.58. The molecule has 21 heavy (non-hydrogen) atoms. The first-order chi connectivity index (χ1) is 10.0. The summed E-state index contributed by atoms with van der Waals surface area (Å²) in [4.78, 5) is 41.3. The van der Waals surface area contributed by atoms with Crippen molar-refractivity contribution in [2.24, 2.45) is 7.05 Å². The second kappa shape index (κ2) is 4.55. The van der Waals surface area contributed by atoms with Gasteiger partial charge in [0, 0.05) is 12.6 Å². The highest BCUT2D eigenvalue weighted by atomic mass is 16.7. The summed E-state index contributed by atoms with van der Waals surface area (Å²) >= 11 is 0. The number of nitrogens with zero attached hydrogens (tertiary/aromatic N) is 3.